The third-order valence-corrected chi connectivity index (χ3v) is 4.35. The van der Waals surface area contributed by atoms with E-state index < -0.39 is 24.4 Å². The highest BCUT2D eigenvalue weighted by Gasteiger charge is 2.37. The average Bonchev–Trinajstić information content (AvgIpc) is 2.58. The van der Waals surface area contributed by atoms with E-state index in [1.54, 1.807) is 0 Å². The van der Waals surface area contributed by atoms with Gasteiger partial charge in [0.15, 0.2) is 0 Å². The van der Waals surface area contributed by atoms with Crippen LogP contribution >= 0.6 is 0 Å². The SMILES string of the molecule is Cc1ccc(-c2cccc(C3OC(CO)CC(O)C3O)c2)cc1. The summed E-state index contributed by atoms with van der Waals surface area (Å²) >= 11 is 0. The molecule has 2 aromatic carbocycles. The van der Waals surface area contributed by atoms with E-state index in [1.165, 1.54) is 5.56 Å². The van der Waals surface area contributed by atoms with Crippen LogP contribution in [0.2, 0.25) is 0 Å². The molecule has 0 bridgehead atoms. The summed E-state index contributed by atoms with van der Waals surface area (Å²) in [6.45, 7) is 1.88. The minimum absolute atomic E-state index is 0.169. The maximum absolute atomic E-state index is 10.2. The van der Waals surface area contributed by atoms with Crippen LogP contribution in [0.25, 0.3) is 11.1 Å². The van der Waals surface area contributed by atoms with Crippen LogP contribution in [-0.2, 0) is 4.74 Å². The maximum Gasteiger partial charge on any atom is 0.111 e. The zero-order valence-electron chi connectivity index (χ0n) is 13.1. The van der Waals surface area contributed by atoms with Gasteiger partial charge in [-0.05, 0) is 29.7 Å². The molecule has 2 aromatic rings. The molecule has 0 spiro atoms. The molecule has 0 aromatic heterocycles. The van der Waals surface area contributed by atoms with Gasteiger partial charge in [-0.3, -0.25) is 0 Å². The molecule has 0 aliphatic carbocycles. The van der Waals surface area contributed by atoms with Crippen LogP contribution in [0.5, 0.6) is 0 Å². The Morgan fingerprint density at radius 1 is 1.04 bits per heavy atom. The Bertz CT molecular complexity index is 653. The first kappa shape index (κ1) is 16.1. The molecule has 0 amide bonds. The number of aryl methyl sites for hydroxylation is 1. The Morgan fingerprint density at radius 3 is 2.48 bits per heavy atom. The van der Waals surface area contributed by atoms with Crippen LogP contribution in [0, 0.1) is 6.92 Å². The molecule has 23 heavy (non-hydrogen) atoms. The Morgan fingerprint density at radius 2 is 1.78 bits per heavy atom. The fourth-order valence-corrected chi connectivity index (χ4v) is 2.99. The van der Waals surface area contributed by atoms with Crippen molar-refractivity contribution < 1.29 is 20.1 Å². The molecule has 4 atom stereocenters. The van der Waals surface area contributed by atoms with Crippen molar-refractivity contribution in [1.29, 1.82) is 0 Å². The van der Waals surface area contributed by atoms with Crippen LogP contribution in [0.4, 0.5) is 0 Å². The van der Waals surface area contributed by atoms with Gasteiger partial charge < -0.3 is 20.1 Å². The van der Waals surface area contributed by atoms with Gasteiger partial charge in [0.05, 0.1) is 18.8 Å². The van der Waals surface area contributed by atoms with E-state index in [4.69, 9.17) is 4.74 Å². The molecule has 4 nitrogen and oxygen atoms in total. The second-order valence-corrected chi connectivity index (χ2v) is 6.15. The van der Waals surface area contributed by atoms with Crippen molar-refractivity contribution in [3.63, 3.8) is 0 Å². The van der Waals surface area contributed by atoms with Crippen molar-refractivity contribution in [2.75, 3.05) is 6.61 Å². The Labute approximate surface area is 136 Å². The normalized spacial score (nSPS) is 27.8. The minimum atomic E-state index is -0.994. The Kier molecular flexibility index (Phi) is 4.78. The van der Waals surface area contributed by atoms with Gasteiger partial charge in [-0.25, -0.2) is 0 Å². The van der Waals surface area contributed by atoms with Gasteiger partial charge in [-0.1, -0.05) is 48.0 Å². The minimum Gasteiger partial charge on any atom is -0.394 e. The van der Waals surface area contributed by atoms with Gasteiger partial charge in [0.25, 0.3) is 0 Å². The first-order valence-electron chi connectivity index (χ1n) is 7.88. The quantitative estimate of drug-likeness (QED) is 0.812. The second kappa shape index (κ2) is 6.81. The Balaban J connectivity index is 1.90. The lowest BCUT2D eigenvalue weighted by Gasteiger charge is -2.37. The van der Waals surface area contributed by atoms with Gasteiger partial charge in [0, 0.05) is 6.42 Å². The first-order valence-corrected chi connectivity index (χ1v) is 7.88. The van der Waals surface area contributed by atoms with E-state index in [2.05, 4.69) is 24.3 Å². The third kappa shape index (κ3) is 3.46. The predicted molar refractivity (Wildman–Crippen MR) is 87.9 cm³/mol. The zero-order valence-corrected chi connectivity index (χ0v) is 13.1. The van der Waals surface area contributed by atoms with Crippen LogP contribution in [0.3, 0.4) is 0 Å². The van der Waals surface area contributed by atoms with Crippen LogP contribution in [0.1, 0.15) is 23.7 Å². The van der Waals surface area contributed by atoms with E-state index in [1.807, 2.05) is 31.2 Å². The number of hydrogen-bond donors (Lipinski definition) is 3. The molecule has 4 heteroatoms. The summed E-state index contributed by atoms with van der Waals surface area (Å²) in [4.78, 5) is 0. The summed E-state index contributed by atoms with van der Waals surface area (Å²) in [5, 5.41) is 29.5. The summed E-state index contributed by atoms with van der Waals surface area (Å²) < 4.78 is 5.75. The van der Waals surface area contributed by atoms with Crippen molar-refractivity contribution in [3.05, 3.63) is 59.7 Å². The van der Waals surface area contributed by atoms with Crippen molar-refractivity contribution in [2.45, 2.75) is 37.8 Å². The largest absolute Gasteiger partial charge is 0.394 e. The molecule has 3 rings (SSSR count). The first-order chi connectivity index (χ1) is 11.1. The molecule has 0 radical (unpaired) electrons. The standard InChI is InChI=1S/C19H22O4/c1-12-5-7-13(8-6-12)14-3-2-4-15(9-14)19-18(22)17(21)10-16(11-20)23-19/h2-9,16-22H,10-11H2,1H3. The summed E-state index contributed by atoms with van der Waals surface area (Å²) in [6, 6.07) is 16.0. The van der Waals surface area contributed by atoms with E-state index in [9.17, 15) is 15.3 Å². The predicted octanol–water partition coefficient (Wildman–Crippen LogP) is 2.21. The van der Waals surface area contributed by atoms with Crippen LogP contribution in [0.15, 0.2) is 48.5 Å². The number of benzene rings is 2. The Hall–Kier alpha value is -1.72. The van der Waals surface area contributed by atoms with Gasteiger partial charge >= 0.3 is 0 Å². The average molecular weight is 314 g/mol. The summed E-state index contributed by atoms with van der Waals surface area (Å²) in [7, 11) is 0. The summed E-state index contributed by atoms with van der Waals surface area (Å²) in [6.07, 6.45) is -2.74. The van der Waals surface area contributed by atoms with Crippen molar-refractivity contribution in [2.24, 2.45) is 0 Å². The van der Waals surface area contributed by atoms with Crippen molar-refractivity contribution >= 4 is 0 Å². The van der Waals surface area contributed by atoms with E-state index in [0.29, 0.717) is 0 Å². The van der Waals surface area contributed by atoms with Crippen molar-refractivity contribution in [3.8, 4) is 11.1 Å². The zero-order chi connectivity index (χ0) is 16.4. The molecular weight excluding hydrogens is 292 g/mol. The molecule has 1 fully saturated rings. The maximum atomic E-state index is 10.2. The number of aliphatic hydroxyl groups is 3. The molecule has 4 unspecified atom stereocenters. The van der Waals surface area contributed by atoms with Gasteiger partial charge in [-0.15, -0.1) is 0 Å². The summed E-state index contributed by atoms with van der Waals surface area (Å²) in [5.41, 5.74) is 4.11. The van der Waals surface area contributed by atoms with Crippen molar-refractivity contribution in [1.82, 2.24) is 0 Å². The highest BCUT2D eigenvalue weighted by molar-refractivity contribution is 5.64. The highest BCUT2D eigenvalue weighted by Crippen LogP contribution is 2.33. The van der Waals surface area contributed by atoms with E-state index in [0.717, 1.165) is 16.7 Å². The number of ether oxygens (including phenoxy) is 1. The fraction of sp³-hybridized carbons (Fsp3) is 0.368. The molecule has 1 heterocycles. The smallest absolute Gasteiger partial charge is 0.111 e. The van der Waals surface area contributed by atoms with Crippen LogP contribution < -0.4 is 0 Å². The molecule has 3 N–H and O–H groups in total. The third-order valence-electron chi connectivity index (χ3n) is 4.35. The van der Waals surface area contributed by atoms with E-state index >= 15 is 0 Å². The number of rotatable bonds is 3. The molecule has 1 aliphatic heterocycles. The second-order valence-electron chi connectivity index (χ2n) is 6.15. The van der Waals surface area contributed by atoms with E-state index in [-0.39, 0.29) is 13.0 Å². The van der Waals surface area contributed by atoms with Gasteiger partial charge in [-0.2, -0.15) is 0 Å². The molecule has 122 valence electrons. The van der Waals surface area contributed by atoms with Crippen LogP contribution in [-0.4, -0.2) is 40.2 Å². The molecular formula is C19H22O4. The monoisotopic (exact) mass is 314 g/mol. The van der Waals surface area contributed by atoms with Gasteiger partial charge in [0.1, 0.15) is 12.2 Å². The highest BCUT2D eigenvalue weighted by atomic mass is 16.5. The fourth-order valence-electron chi connectivity index (χ4n) is 2.99. The lowest BCUT2D eigenvalue weighted by atomic mass is 9.91. The lowest BCUT2D eigenvalue weighted by Crippen LogP contribution is -2.44. The number of aliphatic hydroxyl groups excluding tert-OH is 3. The molecule has 1 aliphatic rings. The van der Waals surface area contributed by atoms with Gasteiger partial charge in [0.2, 0.25) is 0 Å². The number of hydrogen-bond acceptors (Lipinski definition) is 4. The molecule has 1 saturated heterocycles. The molecule has 0 saturated carbocycles. The topological polar surface area (TPSA) is 69.9 Å². The summed E-state index contributed by atoms with van der Waals surface area (Å²) in [5.74, 6) is 0. The lowest BCUT2D eigenvalue weighted by molar-refractivity contribution is -0.179.